The summed E-state index contributed by atoms with van der Waals surface area (Å²) >= 11 is 11.3. The number of rotatable bonds is 6. The van der Waals surface area contributed by atoms with Crippen LogP contribution in [-0.4, -0.2) is 23.6 Å². The second kappa shape index (κ2) is 7.16. The summed E-state index contributed by atoms with van der Waals surface area (Å²) in [5, 5.41) is 0.705. The Hall–Kier alpha value is -1.16. The molecule has 10 heteroatoms. The molecule has 0 radical (unpaired) electrons. The van der Waals surface area contributed by atoms with Crippen molar-refractivity contribution in [3.05, 3.63) is 58.6 Å². The van der Waals surface area contributed by atoms with Crippen molar-refractivity contribution in [2.45, 2.75) is 9.79 Å². The molecular weight excluding hydrogens is 387 g/mol. The minimum atomic E-state index is -4.16. The molecule has 0 atom stereocenters. The molecule has 2 aromatic carbocycles. The Labute approximate surface area is 143 Å². The standard InChI is InChI=1S/C13H10Cl2O6S2/c14-10-1-5-12(6-2-10)22(16,17)20-9-21-23(18,19)13-7-3-11(15)4-8-13/h1-8H,9H2. The molecule has 2 aromatic rings. The molecule has 0 fully saturated rings. The lowest BCUT2D eigenvalue weighted by atomic mass is 10.4. The molecule has 0 amide bonds. The van der Waals surface area contributed by atoms with E-state index in [1.54, 1.807) is 0 Å². The number of halogens is 2. The summed E-state index contributed by atoms with van der Waals surface area (Å²) in [6.07, 6.45) is 0. The number of hydrogen-bond donors (Lipinski definition) is 0. The van der Waals surface area contributed by atoms with Gasteiger partial charge in [-0.2, -0.15) is 16.8 Å². The predicted molar refractivity (Wildman–Crippen MR) is 84.3 cm³/mol. The van der Waals surface area contributed by atoms with Gasteiger partial charge in [-0.05, 0) is 48.5 Å². The molecule has 0 aliphatic heterocycles. The molecule has 0 unspecified atom stereocenters. The lowest BCUT2D eigenvalue weighted by molar-refractivity contribution is 0.132. The van der Waals surface area contributed by atoms with Crippen molar-refractivity contribution in [2.24, 2.45) is 0 Å². The Morgan fingerprint density at radius 2 is 0.957 bits per heavy atom. The van der Waals surface area contributed by atoms with Crippen LogP contribution in [0.5, 0.6) is 0 Å². The number of benzene rings is 2. The summed E-state index contributed by atoms with van der Waals surface area (Å²) in [6, 6.07) is 10.4. The highest BCUT2D eigenvalue weighted by molar-refractivity contribution is 7.87. The summed E-state index contributed by atoms with van der Waals surface area (Å²) < 4.78 is 56.5. The monoisotopic (exact) mass is 396 g/mol. The van der Waals surface area contributed by atoms with Gasteiger partial charge in [0.05, 0.1) is 9.79 Å². The molecule has 0 aromatic heterocycles. The van der Waals surface area contributed by atoms with Gasteiger partial charge in [0.25, 0.3) is 20.2 Å². The highest BCUT2D eigenvalue weighted by Gasteiger charge is 2.19. The molecule has 0 spiro atoms. The highest BCUT2D eigenvalue weighted by Crippen LogP contribution is 2.18. The molecule has 0 aliphatic carbocycles. The maximum atomic E-state index is 11.9. The summed E-state index contributed by atoms with van der Waals surface area (Å²) in [5.41, 5.74) is 0. The van der Waals surface area contributed by atoms with Crippen molar-refractivity contribution in [2.75, 3.05) is 6.79 Å². The van der Waals surface area contributed by atoms with Crippen LogP contribution in [0, 0.1) is 0 Å². The Balaban J connectivity index is 2.03. The van der Waals surface area contributed by atoms with E-state index in [9.17, 15) is 16.8 Å². The fourth-order valence-electron chi connectivity index (χ4n) is 1.48. The molecule has 0 saturated heterocycles. The van der Waals surface area contributed by atoms with E-state index in [2.05, 4.69) is 8.37 Å². The van der Waals surface area contributed by atoms with Gasteiger partial charge in [-0.15, -0.1) is 0 Å². The molecule has 0 N–H and O–H groups in total. The lowest BCUT2D eigenvalue weighted by Crippen LogP contribution is -2.14. The minimum absolute atomic E-state index is 0.172. The van der Waals surface area contributed by atoms with Gasteiger partial charge in [-0.25, -0.2) is 8.37 Å². The third-order valence-corrected chi connectivity index (χ3v) is 5.63. The normalized spacial score (nSPS) is 12.3. The zero-order chi connectivity index (χ0) is 17.1. The van der Waals surface area contributed by atoms with E-state index >= 15 is 0 Å². The fraction of sp³-hybridized carbons (Fsp3) is 0.0769. The smallest absolute Gasteiger partial charge is 0.236 e. The van der Waals surface area contributed by atoms with E-state index in [4.69, 9.17) is 23.2 Å². The van der Waals surface area contributed by atoms with Crippen molar-refractivity contribution in [1.82, 2.24) is 0 Å². The third kappa shape index (κ3) is 4.90. The molecule has 23 heavy (non-hydrogen) atoms. The quantitative estimate of drug-likeness (QED) is 0.550. The molecule has 0 aliphatic rings. The van der Waals surface area contributed by atoms with Crippen LogP contribution in [0.4, 0.5) is 0 Å². The van der Waals surface area contributed by atoms with E-state index in [1.807, 2.05) is 0 Å². The molecule has 2 rings (SSSR count). The summed E-state index contributed by atoms with van der Waals surface area (Å²) in [5.74, 6) is 0. The van der Waals surface area contributed by atoms with Crippen molar-refractivity contribution >= 4 is 43.4 Å². The van der Waals surface area contributed by atoms with Crippen LogP contribution in [0.3, 0.4) is 0 Å². The molecule has 0 saturated carbocycles. The second-order valence-corrected chi connectivity index (χ2v) is 8.27. The molecule has 0 bridgehead atoms. The van der Waals surface area contributed by atoms with Crippen molar-refractivity contribution in [1.29, 1.82) is 0 Å². The Morgan fingerprint density at radius 3 is 1.26 bits per heavy atom. The summed E-state index contributed by atoms with van der Waals surface area (Å²) in [7, 11) is -8.32. The topological polar surface area (TPSA) is 86.7 Å². The van der Waals surface area contributed by atoms with Gasteiger partial charge in [-0.3, -0.25) is 0 Å². The van der Waals surface area contributed by atoms with Gasteiger partial charge >= 0.3 is 0 Å². The summed E-state index contributed by atoms with van der Waals surface area (Å²) in [4.78, 5) is -0.344. The van der Waals surface area contributed by atoms with E-state index in [1.165, 1.54) is 48.5 Å². The average molecular weight is 397 g/mol. The largest absolute Gasteiger partial charge is 0.299 e. The zero-order valence-electron chi connectivity index (χ0n) is 11.3. The maximum absolute atomic E-state index is 11.9. The molecular formula is C13H10Cl2O6S2. The first-order valence-electron chi connectivity index (χ1n) is 6.01. The predicted octanol–water partition coefficient (Wildman–Crippen LogP) is 3.06. The first-order valence-corrected chi connectivity index (χ1v) is 9.58. The third-order valence-electron chi connectivity index (χ3n) is 2.61. The van der Waals surface area contributed by atoms with E-state index in [0.717, 1.165) is 0 Å². The van der Waals surface area contributed by atoms with E-state index in [0.29, 0.717) is 10.0 Å². The van der Waals surface area contributed by atoms with E-state index < -0.39 is 27.0 Å². The van der Waals surface area contributed by atoms with Gasteiger partial charge < -0.3 is 0 Å². The van der Waals surface area contributed by atoms with Crippen molar-refractivity contribution in [3.63, 3.8) is 0 Å². The lowest BCUT2D eigenvalue weighted by Gasteiger charge is -2.07. The Bertz CT molecular complexity index is 800. The van der Waals surface area contributed by atoms with Crippen LogP contribution >= 0.6 is 23.2 Å². The summed E-state index contributed by atoms with van der Waals surface area (Å²) in [6.45, 7) is -0.990. The molecule has 0 heterocycles. The van der Waals surface area contributed by atoms with Gasteiger partial charge in [0.2, 0.25) is 0 Å². The maximum Gasteiger partial charge on any atom is 0.299 e. The first-order chi connectivity index (χ1) is 10.7. The Kier molecular flexibility index (Phi) is 5.66. The van der Waals surface area contributed by atoms with Crippen molar-refractivity contribution in [3.8, 4) is 0 Å². The zero-order valence-corrected chi connectivity index (χ0v) is 14.5. The van der Waals surface area contributed by atoms with E-state index in [-0.39, 0.29) is 9.79 Å². The van der Waals surface area contributed by atoms with Crippen LogP contribution < -0.4 is 0 Å². The van der Waals surface area contributed by atoms with Crippen LogP contribution in [0.1, 0.15) is 0 Å². The van der Waals surface area contributed by atoms with Gasteiger partial charge in [0.15, 0.2) is 6.79 Å². The van der Waals surface area contributed by atoms with Crippen LogP contribution in [0.15, 0.2) is 58.3 Å². The molecule has 124 valence electrons. The van der Waals surface area contributed by atoms with Crippen LogP contribution in [0.25, 0.3) is 0 Å². The molecule has 6 nitrogen and oxygen atoms in total. The fourth-order valence-corrected chi connectivity index (χ4v) is 3.36. The Morgan fingerprint density at radius 1 is 0.652 bits per heavy atom. The van der Waals surface area contributed by atoms with Gasteiger partial charge in [0, 0.05) is 10.0 Å². The first kappa shape index (κ1) is 18.2. The SMILES string of the molecule is O=S(=O)(OCOS(=O)(=O)c1ccc(Cl)cc1)c1ccc(Cl)cc1. The average Bonchev–Trinajstić information content (AvgIpc) is 2.47. The van der Waals surface area contributed by atoms with Crippen LogP contribution in [0.2, 0.25) is 10.0 Å². The number of hydrogen-bond acceptors (Lipinski definition) is 6. The van der Waals surface area contributed by atoms with Gasteiger partial charge in [0.1, 0.15) is 0 Å². The van der Waals surface area contributed by atoms with Gasteiger partial charge in [-0.1, -0.05) is 23.2 Å². The van der Waals surface area contributed by atoms with Crippen molar-refractivity contribution < 1.29 is 25.2 Å². The van der Waals surface area contributed by atoms with Crippen LogP contribution in [-0.2, 0) is 28.6 Å². The highest BCUT2D eigenvalue weighted by atomic mass is 35.5. The minimum Gasteiger partial charge on any atom is -0.236 e. The second-order valence-electron chi connectivity index (χ2n) is 4.17.